The number of oxime groups is 1. The number of benzene rings is 2. The zero-order valence-electron chi connectivity index (χ0n) is 30.4. The predicted octanol–water partition coefficient (Wildman–Crippen LogP) is 3.24. The van der Waals surface area contributed by atoms with Crippen molar-refractivity contribution < 1.29 is 33.1 Å². The van der Waals surface area contributed by atoms with E-state index in [1.165, 1.54) is 51.0 Å². The van der Waals surface area contributed by atoms with Crippen LogP contribution in [0.4, 0.5) is 4.79 Å². The Balaban J connectivity index is 1.57. The fourth-order valence-electron chi connectivity index (χ4n) is 6.04. The minimum absolute atomic E-state index is 0.00713. The van der Waals surface area contributed by atoms with Gasteiger partial charge < -0.3 is 25.4 Å². The molecule has 1 aliphatic rings. The van der Waals surface area contributed by atoms with Gasteiger partial charge >= 0.3 is 6.03 Å². The van der Waals surface area contributed by atoms with Crippen molar-refractivity contribution in [1.82, 2.24) is 29.3 Å². The number of hydrogen-bond acceptors (Lipinski definition) is 11. The number of aliphatic hydroxyl groups is 1. The molecule has 0 aliphatic carbocycles. The molecule has 16 heteroatoms. The second-order valence-corrected chi connectivity index (χ2v) is 16.8. The number of aromatic nitrogens is 1. The summed E-state index contributed by atoms with van der Waals surface area (Å²) < 4.78 is 29.0. The first-order valence-corrected chi connectivity index (χ1v) is 19.4. The van der Waals surface area contributed by atoms with Crippen molar-refractivity contribution in [2.45, 2.75) is 70.3 Å². The first kappa shape index (κ1) is 40.5. The molecule has 1 saturated heterocycles. The summed E-state index contributed by atoms with van der Waals surface area (Å²) in [6.45, 7) is 7.35. The molecule has 4 rings (SSSR count). The lowest BCUT2D eigenvalue weighted by Gasteiger charge is -2.34. The van der Waals surface area contributed by atoms with Crippen molar-refractivity contribution in [1.29, 1.82) is 0 Å². The lowest BCUT2D eigenvalue weighted by molar-refractivity contribution is -0.129. The largest absolute Gasteiger partial charge is 0.411 e. The van der Waals surface area contributed by atoms with Crippen molar-refractivity contribution in [3.63, 3.8) is 0 Å². The van der Waals surface area contributed by atoms with Gasteiger partial charge in [0.15, 0.2) is 0 Å². The summed E-state index contributed by atoms with van der Waals surface area (Å²) in [5.74, 6) is -1.52. The van der Waals surface area contributed by atoms with E-state index >= 15 is 0 Å². The smallest absolute Gasteiger partial charge is 0.328 e. The third-order valence-corrected chi connectivity index (χ3v) is 11.2. The summed E-state index contributed by atoms with van der Waals surface area (Å²) in [5, 5.41) is 29.2. The maximum absolute atomic E-state index is 14.1. The molecule has 282 valence electrons. The molecule has 1 aromatic heterocycles. The number of nitrogens with one attached hydrogen (secondary N) is 1. The van der Waals surface area contributed by atoms with E-state index in [2.05, 4.69) is 15.5 Å². The summed E-state index contributed by atoms with van der Waals surface area (Å²) in [5.41, 5.74) is 1.88. The molecular formula is C36H49N7O7S2. The molecule has 1 fully saturated rings. The van der Waals surface area contributed by atoms with Gasteiger partial charge in [0, 0.05) is 25.0 Å². The van der Waals surface area contributed by atoms with Crippen molar-refractivity contribution in [2.75, 3.05) is 33.7 Å². The van der Waals surface area contributed by atoms with E-state index in [-0.39, 0.29) is 43.4 Å². The number of urea groups is 1. The van der Waals surface area contributed by atoms with Gasteiger partial charge in [-0.1, -0.05) is 75.3 Å². The molecule has 14 nitrogen and oxygen atoms in total. The highest BCUT2D eigenvalue weighted by Crippen LogP contribution is 2.24. The number of sulfonamides is 1. The third kappa shape index (κ3) is 10.4. The van der Waals surface area contributed by atoms with Crippen LogP contribution in [0.15, 0.2) is 70.0 Å². The molecule has 4 amide bonds. The standard InChI is InChI=1S/C36H49N7O7S2/c1-24(2)18-41(52(49,50)29-14-12-27(13-15-29)17-37-48)20-31(44)30(16-26-10-8-7-9-11-26)39-35(46)34(25(3)4)43-22-33(45)42(36(43)47)19-28-23-51-32(38-28)21-40(5)6/h7-15,17,23-25,30-31,34,44,48H,16,18-22H2,1-6H3,(H,39,46)/b37-17+/t30-,31+,34?/m0/s1. The van der Waals surface area contributed by atoms with Crippen LogP contribution in [0, 0.1) is 11.8 Å². The fourth-order valence-corrected chi connectivity index (χ4v) is 8.56. The highest BCUT2D eigenvalue weighted by molar-refractivity contribution is 7.89. The van der Waals surface area contributed by atoms with Crippen LogP contribution in [0.1, 0.15) is 49.5 Å². The molecule has 1 unspecified atom stereocenters. The summed E-state index contributed by atoms with van der Waals surface area (Å²) in [4.78, 5) is 49.9. The normalized spacial score (nSPS) is 15.8. The van der Waals surface area contributed by atoms with Gasteiger partial charge in [0.1, 0.15) is 17.6 Å². The maximum atomic E-state index is 14.1. The van der Waals surface area contributed by atoms with Crippen molar-refractivity contribution in [3.05, 3.63) is 81.8 Å². The van der Waals surface area contributed by atoms with Crippen molar-refractivity contribution in [3.8, 4) is 0 Å². The van der Waals surface area contributed by atoms with Crippen molar-refractivity contribution in [2.24, 2.45) is 17.0 Å². The monoisotopic (exact) mass is 755 g/mol. The molecule has 0 spiro atoms. The number of rotatable bonds is 18. The molecular weight excluding hydrogens is 707 g/mol. The Bertz CT molecular complexity index is 1800. The van der Waals surface area contributed by atoms with Gasteiger partial charge in [0.25, 0.3) is 5.91 Å². The molecule has 0 saturated carbocycles. The molecule has 1 aliphatic heterocycles. The Kier molecular flexibility index (Phi) is 14.0. The predicted molar refractivity (Wildman–Crippen MR) is 198 cm³/mol. The number of carbonyl (C=O) groups excluding carboxylic acids is 3. The average Bonchev–Trinajstić information content (AvgIpc) is 3.63. The van der Waals surface area contributed by atoms with E-state index in [1.807, 2.05) is 68.6 Å². The summed E-state index contributed by atoms with van der Waals surface area (Å²) in [7, 11) is -0.251. The van der Waals surface area contributed by atoms with Crippen LogP contribution in [0.25, 0.3) is 0 Å². The molecule has 3 aromatic rings. The summed E-state index contributed by atoms with van der Waals surface area (Å²) in [6.07, 6.45) is -0.0134. The van der Waals surface area contributed by atoms with Gasteiger partial charge in [0.2, 0.25) is 15.9 Å². The number of hydrogen-bond donors (Lipinski definition) is 3. The highest BCUT2D eigenvalue weighted by Gasteiger charge is 2.44. The molecule has 3 N–H and O–H groups in total. The van der Waals surface area contributed by atoms with E-state index in [0.717, 1.165) is 15.5 Å². The summed E-state index contributed by atoms with van der Waals surface area (Å²) >= 11 is 1.44. The van der Waals surface area contributed by atoms with Gasteiger partial charge in [-0.3, -0.25) is 14.5 Å². The minimum atomic E-state index is -4.10. The van der Waals surface area contributed by atoms with E-state index in [4.69, 9.17) is 5.21 Å². The van der Waals surface area contributed by atoms with E-state index < -0.39 is 52.0 Å². The van der Waals surface area contributed by atoms with Crippen LogP contribution in [0.3, 0.4) is 0 Å². The number of carbonyl (C=O) groups is 3. The molecule has 0 bridgehead atoms. The molecule has 52 heavy (non-hydrogen) atoms. The average molecular weight is 756 g/mol. The number of amides is 4. The molecule has 3 atom stereocenters. The van der Waals surface area contributed by atoms with Crippen LogP contribution in [0.2, 0.25) is 0 Å². The van der Waals surface area contributed by atoms with E-state index in [0.29, 0.717) is 17.8 Å². The van der Waals surface area contributed by atoms with Crippen LogP contribution < -0.4 is 5.32 Å². The Morgan fingerprint density at radius 2 is 1.73 bits per heavy atom. The second-order valence-electron chi connectivity index (χ2n) is 14.0. The first-order chi connectivity index (χ1) is 24.6. The fraction of sp³-hybridized carbons (Fsp3) is 0.472. The Morgan fingerprint density at radius 1 is 1.06 bits per heavy atom. The zero-order valence-corrected chi connectivity index (χ0v) is 32.0. The SMILES string of the molecule is CC(C)CN(C[C@@H](O)[C@H](Cc1ccccc1)NC(=O)C(C(C)C)N1CC(=O)N(Cc2csc(CN(C)C)n2)C1=O)S(=O)(=O)c1ccc(/C=N/O)cc1. The van der Waals surface area contributed by atoms with Gasteiger partial charge in [-0.25, -0.2) is 18.2 Å². The lowest BCUT2D eigenvalue weighted by atomic mass is 9.97. The Labute approximate surface area is 309 Å². The van der Waals surface area contributed by atoms with Crippen LogP contribution in [-0.2, 0) is 39.1 Å². The minimum Gasteiger partial charge on any atom is -0.411 e. The summed E-state index contributed by atoms with van der Waals surface area (Å²) in [6, 6.07) is 12.4. The third-order valence-electron chi connectivity index (χ3n) is 8.46. The van der Waals surface area contributed by atoms with Crippen LogP contribution in [-0.4, -0.2) is 119 Å². The van der Waals surface area contributed by atoms with E-state index in [9.17, 15) is 27.9 Å². The van der Waals surface area contributed by atoms with E-state index in [1.54, 1.807) is 13.8 Å². The Morgan fingerprint density at radius 3 is 2.33 bits per heavy atom. The molecule has 2 aromatic carbocycles. The molecule has 0 radical (unpaired) electrons. The molecule has 2 heterocycles. The zero-order chi connectivity index (χ0) is 38.2. The van der Waals surface area contributed by atoms with Crippen LogP contribution >= 0.6 is 11.3 Å². The highest BCUT2D eigenvalue weighted by atomic mass is 32.2. The quantitative estimate of drug-likeness (QED) is 0.0762. The number of nitrogens with zero attached hydrogens (tertiary/aromatic N) is 6. The number of imide groups is 1. The number of thiazole rings is 1. The van der Waals surface area contributed by atoms with Gasteiger partial charge in [-0.05, 0) is 55.6 Å². The lowest BCUT2D eigenvalue weighted by Crippen LogP contribution is -2.57. The van der Waals surface area contributed by atoms with Gasteiger partial charge in [-0.15, -0.1) is 11.3 Å². The first-order valence-electron chi connectivity index (χ1n) is 17.1. The van der Waals surface area contributed by atoms with Gasteiger partial charge in [-0.2, -0.15) is 4.31 Å². The second kappa shape index (κ2) is 18.0. The van der Waals surface area contributed by atoms with Crippen LogP contribution in [0.5, 0.6) is 0 Å². The van der Waals surface area contributed by atoms with Crippen molar-refractivity contribution >= 4 is 45.4 Å². The van der Waals surface area contributed by atoms with Gasteiger partial charge in [0.05, 0.1) is 35.5 Å². The topological polar surface area (TPSA) is 176 Å². The number of aliphatic hydroxyl groups excluding tert-OH is 1. The maximum Gasteiger partial charge on any atom is 0.328 e. The Hall–Kier alpha value is -4.22.